The van der Waals surface area contributed by atoms with Crippen molar-refractivity contribution in [1.82, 2.24) is 0 Å². The van der Waals surface area contributed by atoms with Crippen LogP contribution in [0.4, 0.5) is 0 Å². The molecule has 0 saturated carbocycles. The summed E-state index contributed by atoms with van der Waals surface area (Å²) in [7, 11) is 1.43. The molecule has 1 aliphatic heterocycles. The number of unbranched alkanes of at least 4 members (excludes halogenated alkanes) is 7. The topological polar surface area (TPSA) is 38.8 Å². The van der Waals surface area contributed by atoms with Crippen LogP contribution in [0.15, 0.2) is 0 Å². The maximum absolute atomic E-state index is 11.6. The van der Waals surface area contributed by atoms with Crippen LogP contribution in [0.2, 0.25) is 0 Å². The first kappa shape index (κ1) is 22.4. The highest BCUT2D eigenvalue weighted by atomic mass is 79.9. The second-order valence-electron chi connectivity index (χ2n) is 6.96. The van der Waals surface area contributed by atoms with E-state index in [2.05, 4.69) is 38.8 Å². The lowest BCUT2D eigenvalue weighted by molar-refractivity contribution is -0.147. The number of esters is 1. The summed E-state index contributed by atoms with van der Waals surface area (Å²) in [5, 5.41) is 0. The molecule has 0 aliphatic carbocycles. The molecule has 0 spiro atoms. The number of hydrogen-bond donors (Lipinski definition) is 0. The SMILES string of the molecule is CCCCCCCCC(Br)C(Br)CCCCCC1(C(=O)OC)CO1. The van der Waals surface area contributed by atoms with Gasteiger partial charge in [0.1, 0.15) is 0 Å². The number of epoxide rings is 1. The van der Waals surface area contributed by atoms with E-state index in [9.17, 15) is 4.79 Å². The Morgan fingerprint density at radius 1 is 1.00 bits per heavy atom. The van der Waals surface area contributed by atoms with Gasteiger partial charge in [0, 0.05) is 9.65 Å². The van der Waals surface area contributed by atoms with E-state index in [-0.39, 0.29) is 5.97 Å². The first-order chi connectivity index (χ1) is 11.6. The molecule has 1 saturated heterocycles. The molecule has 0 N–H and O–H groups in total. The summed E-state index contributed by atoms with van der Waals surface area (Å²) in [6.45, 7) is 2.79. The van der Waals surface area contributed by atoms with Crippen LogP contribution < -0.4 is 0 Å². The Kier molecular flexibility index (Phi) is 11.9. The maximum Gasteiger partial charge on any atom is 0.340 e. The molecular formula is C19H34Br2O3. The number of ether oxygens (including phenoxy) is 2. The Bertz CT molecular complexity index is 346. The Balaban J connectivity index is 1.99. The fourth-order valence-electron chi connectivity index (χ4n) is 3.05. The summed E-state index contributed by atoms with van der Waals surface area (Å²) in [6, 6.07) is 0. The highest BCUT2D eigenvalue weighted by Gasteiger charge is 2.52. The van der Waals surface area contributed by atoms with Gasteiger partial charge < -0.3 is 9.47 Å². The molecule has 1 heterocycles. The molecule has 1 aliphatic rings. The molecule has 0 aromatic rings. The van der Waals surface area contributed by atoms with E-state index in [0.29, 0.717) is 16.3 Å². The molecule has 24 heavy (non-hydrogen) atoms. The monoisotopic (exact) mass is 468 g/mol. The highest BCUT2D eigenvalue weighted by molar-refractivity contribution is 9.12. The van der Waals surface area contributed by atoms with E-state index in [4.69, 9.17) is 9.47 Å². The number of rotatable bonds is 15. The van der Waals surface area contributed by atoms with Gasteiger partial charge in [0.05, 0.1) is 13.7 Å². The van der Waals surface area contributed by atoms with Crippen molar-refractivity contribution in [2.24, 2.45) is 0 Å². The average Bonchev–Trinajstić information content (AvgIpc) is 3.37. The average molecular weight is 470 g/mol. The molecule has 0 bridgehead atoms. The summed E-state index contributed by atoms with van der Waals surface area (Å²) in [5.74, 6) is -0.208. The van der Waals surface area contributed by atoms with E-state index in [1.165, 1.54) is 64.9 Å². The van der Waals surface area contributed by atoms with Gasteiger partial charge in [0.15, 0.2) is 5.60 Å². The Morgan fingerprint density at radius 2 is 1.50 bits per heavy atom. The van der Waals surface area contributed by atoms with Crippen LogP contribution in [-0.4, -0.2) is 34.9 Å². The third-order valence-corrected chi connectivity index (χ3v) is 7.74. The summed E-state index contributed by atoms with van der Waals surface area (Å²) in [6.07, 6.45) is 14.7. The zero-order valence-electron chi connectivity index (χ0n) is 15.3. The normalized spacial score (nSPS) is 22.2. The predicted molar refractivity (Wildman–Crippen MR) is 107 cm³/mol. The molecule has 1 rings (SSSR count). The fourth-order valence-corrected chi connectivity index (χ4v) is 4.22. The second kappa shape index (κ2) is 12.7. The Morgan fingerprint density at radius 3 is 2.00 bits per heavy atom. The van der Waals surface area contributed by atoms with Crippen LogP contribution in [0.1, 0.15) is 84.0 Å². The predicted octanol–water partition coefficient (Wildman–Crippen LogP) is 6.16. The smallest absolute Gasteiger partial charge is 0.340 e. The van der Waals surface area contributed by atoms with Crippen LogP contribution in [0.5, 0.6) is 0 Å². The molecule has 0 aromatic heterocycles. The van der Waals surface area contributed by atoms with Gasteiger partial charge in [-0.1, -0.05) is 90.2 Å². The van der Waals surface area contributed by atoms with E-state index in [1.54, 1.807) is 0 Å². The van der Waals surface area contributed by atoms with Crippen LogP contribution in [0.25, 0.3) is 0 Å². The highest BCUT2D eigenvalue weighted by Crippen LogP contribution is 2.34. The van der Waals surface area contributed by atoms with Gasteiger partial charge in [-0.15, -0.1) is 0 Å². The quantitative estimate of drug-likeness (QED) is 0.125. The standard InChI is InChI=1S/C19H34Br2O3/c1-3-4-5-6-7-9-12-16(20)17(21)13-10-8-11-14-19(15-24-19)18(22)23-2/h16-17H,3-15H2,1-2H3. The lowest BCUT2D eigenvalue weighted by Crippen LogP contribution is -2.25. The third kappa shape index (κ3) is 8.66. The van der Waals surface area contributed by atoms with Gasteiger partial charge in [-0.3, -0.25) is 0 Å². The van der Waals surface area contributed by atoms with Crippen molar-refractivity contribution in [1.29, 1.82) is 0 Å². The molecule has 1 fully saturated rings. The van der Waals surface area contributed by atoms with Gasteiger partial charge in [0.25, 0.3) is 0 Å². The minimum atomic E-state index is -0.599. The Hall–Kier alpha value is 0.390. The van der Waals surface area contributed by atoms with Crippen molar-refractivity contribution in [2.75, 3.05) is 13.7 Å². The van der Waals surface area contributed by atoms with E-state index in [1.807, 2.05) is 0 Å². The van der Waals surface area contributed by atoms with E-state index >= 15 is 0 Å². The number of carbonyl (C=O) groups is 1. The summed E-state index contributed by atoms with van der Waals surface area (Å²) >= 11 is 7.67. The zero-order chi connectivity index (χ0) is 17.8. The van der Waals surface area contributed by atoms with Gasteiger partial charge in [-0.25, -0.2) is 4.79 Å². The summed E-state index contributed by atoms with van der Waals surface area (Å²) in [4.78, 5) is 12.7. The summed E-state index contributed by atoms with van der Waals surface area (Å²) < 4.78 is 10.1. The molecular weight excluding hydrogens is 436 g/mol. The van der Waals surface area contributed by atoms with Gasteiger partial charge in [-0.05, 0) is 25.7 Å². The first-order valence-electron chi connectivity index (χ1n) is 9.56. The van der Waals surface area contributed by atoms with E-state index in [0.717, 1.165) is 19.3 Å². The van der Waals surface area contributed by atoms with Gasteiger partial charge in [-0.2, -0.15) is 0 Å². The van der Waals surface area contributed by atoms with Crippen molar-refractivity contribution < 1.29 is 14.3 Å². The fraction of sp³-hybridized carbons (Fsp3) is 0.947. The zero-order valence-corrected chi connectivity index (χ0v) is 18.5. The van der Waals surface area contributed by atoms with E-state index < -0.39 is 5.60 Å². The molecule has 0 aromatic carbocycles. The van der Waals surface area contributed by atoms with Crippen LogP contribution in [0, 0.1) is 0 Å². The minimum absolute atomic E-state index is 0.208. The number of alkyl halides is 2. The number of hydrogen-bond acceptors (Lipinski definition) is 3. The molecule has 0 radical (unpaired) electrons. The Labute approximate surface area is 164 Å². The molecule has 3 atom stereocenters. The van der Waals surface area contributed by atoms with Crippen molar-refractivity contribution >= 4 is 37.8 Å². The number of carbonyl (C=O) groups excluding carboxylic acids is 1. The number of methoxy groups -OCH3 is 1. The van der Waals surface area contributed by atoms with Crippen molar-refractivity contribution in [3.8, 4) is 0 Å². The largest absolute Gasteiger partial charge is 0.467 e. The van der Waals surface area contributed by atoms with Crippen LogP contribution in [0.3, 0.4) is 0 Å². The summed E-state index contributed by atoms with van der Waals surface area (Å²) in [5.41, 5.74) is -0.599. The molecule has 142 valence electrons. The minimum Gasteiger partial charge on any atom is -0.467 e. The van der Waals surface area contributed by atoms with Crippen molar-refractivity contribution in [3.63, 3.8) is 0 Å². The maximum atomic E-state index is 11.6. The molecule has 5 heteroatoms. The lowest BCUT2D eigenvalue weighted by Gasteiger charge is -2.17. The van der Waals surface area contributed by atoms with Crippen molar-refractivity contribution in [3.05, 3.63) is 0 Å². The lowest BCUT2D eigenvalue weighted by atomic mass is 10.0. The van der Waals surface area contributed by atoms with Gasteiger partial charge in [0.2, 0.25) is 0 Å². The first-order valence-corrected chi connectivity index (χ1v) is 11.4. The third-order valence-electron chi connectivity index (χ3n) is 4.84. The van der Waals surface area contributed by atoms with Crippen LogP contribution >= 0.6 is 31.9 Å². The van der Waals surface area contributed by atoms with Crippen molar-refractivity contribution in [2.45, 2.75) is 99.2 Å². The van der Waals surface area contributed by atoms with Crippen LogP contribution in [-0.2, 0) is 14.3 Å². The van der Waals surface area contributed by atoms with Gasteiger partial charge >= 0.3 is 5.97 Å². The molecule has 3 nitrogen and oxygen atoms in total. The molecule has 3 unspecified atom stereocenters. The number of halogens is 2. The second-order valence-corrected chi connectivity index (χ2v) is 9.31. The molecule has 0 amide bonds.